The van der Waals surface area contributed by atoms with Gasteiger partial charge in [-0.1, -0.05) is 19.1 Å². The first-order chi connectivity index (χ1) is 10.1. The number of benzene rings is 1. The van der Waals surface area contributed by atoms with Crippen LogP contribution in [-0.2, 0) is 18.4 Å². The molecule has 114 valence electrons. The fraction of sp³-hybridized carbons (Fsp3) is 0.467. The van der Waals surface area contributed by atoms with Crippen molar-refractivity contribution in [2.75, 3.05) is 13.2 Å². The average molecular weight is 293 g/mol. The molecule has 2 rings (SSSR count). The van der Waals surface area contributed by atoms with Crippen LogP contribution in [0, 0.1) is 5.82 Å². The number of hydrogen-bond donors (Lipinski definition) is 2. The summed E-state index contributed by atoms with van der Waals surface area (Å²) in [6.07, 6.45) is 2.72. The number of aliphatic hydroxyl groups excluding tert-OH is 2. The van der Waals surface area contributed by atoms with E-state index in [1.807, 2.05) is 6.92 Å². The highest BCUT2D eigenvalue weighted by atomic mass is 19.1. The number of nitrogens with zero attached hydrogens (tertiary/aromatic N) is 3. The Morgan fingerprint density at radius 2 is 1.86 bits per heavy atom. The summed E-state index contributed by atoms with van der Waals surface area (Å²) in [6, 6.07) is 5.82. The van der Waals surface area contributed by atoms with E-state index < -0.39 is 5.41 Å². The normalized spacial score (nSPS) is 11.8. The number of aryl methyl sites for hydroxylation is 1. The average Bonchev–Trinajstić information content (AvgIpc) is 2.93. The second kappa shape index (κ2) is 6.78. The highest BCUT2D eigenvalue weighted by molar-refractivity contribution is 5.28. The van der Waals surface area contributed by atoms with E-state index in [-0.39, 0.29) is 19.0 Å². The van der Waals surface area contributed by atoms with Crippen LogP contribution in [0.3, 0.4) is 0 Å². The molecule has 0 bridgehead atoms. The van der Waals surface area contributed by atoms with Crippen molar-refractivity contribution in [2.45, 2.75) is 31.7 Å². The van der Waals surface area contributed by atoms with E-state index in [0.717, 1.165) is 13.0 Å². The molecular formula is C15H20FN3O2. The number of halogens is 1. The van der Waals surface area contributed by atoms with Gasteiger partial charge in [0.05, 0.1) is 13.2 Å². The molecule has 0 atom stereocenters. The monoisotopic (exact) mass is 293 g/mol. The summed E-state index contributed by atoms with van der Waals surface area (Å²) < 4.78 is 14.8. The van der Waals surface area contributed by atoms with Gasteiger partial charge in [0.1, 0.15) is 18.0 Å². The standard InChI is InChI=1S/C15H20FN3O2/c1-2-7-19-14(17-11-18-19)8-15(9-20,10-21)12-3-5-13(16)6-4-12/h3-6,11,20-21H,2,7-10H2,1H3. The molecule has 1 aromatic heterocycles. The van der Waals surface area contributed by atoms with Gasteiger partial charge in [0.15, 0.2) is 0 Å². The van der Waals surface area contributed by atoms with Gasteiger partial charge < -0.3 is 10.2 Å². The Labute approximate surface area is 123 Å². The minimum atomic E-state index is -0.897. The molecule has 0 saturated carbocycles. The van der Waals surface area contributed by atoms with Crippen molar-refractivity contribution in [3.8, 4) is 0 Å². The molecule has 0 spiro atoms. The van der Waals surface area contributed by atoms with Crippen LogP contribution < -0.4 is 0 Å². The van der Waals surface area contributed by atoms with Crippen molar-refractivity contribution in [3.63, 3.8) is 0 Å². The van der Waals surface area contributed by atoms with Crippen molar-refractivity contribution in [1.82, 2.24) is 14.8 Å². The summed E-state index contributed by atoms with van der Waals surface area (Å²) in [5.74, 6) is 0.349. The van der Waals surface area contributed by atoms with Gasteiger partial charge in [0.2, 0.25) is 0 Å². The van der Waals surface area contributed by atoms with Gasteiger partial charge in [-0.15, -0.1) is 0 Å². The van der Waals surface area contributed by atoms with Crippen molar-refractivity contribution < 1.29 is 14.6 Å². The molecule has 0 unspecified atom stereocenters. The minimum absolute atomic E-state index is 0.256. The maximum absolute atomic E-state index is 13.1. The van der Waals surface area contributed by atoms with Crippen molar-refractivity contribution in [1.29, 1.82) is 0 Å². The summed E-state index contributed by atoms with van der Waals surface area (Å²) in [5, 5.41) is 23.8. The maximum atomic E-state index is 13.1. The highest BCUT2D eigenvalue weighted by Crippen LogP contribution is 2.27. The summed E-state index contributed by atoms with van der Waals surface area (Å²) >= 11 is 0. The van der Waals surface area contributed by atoms with Crippen LogP contribution in [0.15, 0.2) is 30.6 Å². The van der Waals surface area contributed by atoms with Gasteiger partial charge in [-0.05, 0) is 24.1 Å². The minimum Gasteiger partial charge on any atom is -0.395 e. The molecular weight excluding hydrogens is 273 g/mol. The molecule has 21 heavy (non-hydrogen) atoms. The Kier molecular flexibility index (Phi) is 5.03. The van der Waals surface area contributed by atoms with Crippen LogP contribution >= 0.6 is 0 Å². The van der Waals surface area contributed by atoms with E-state index in [1.165, 1.54) is 18.5 Å². The molecule has 0 fully saturated rings. The summed E-state index contributed by atoms with van der Waals surface area (Å²) in [4.78, 5) is 4.21. The van der Waals surface area contributed by atoms with Crippen molar-refractivity contribution in [3.05, 3.63) is 47.8 Å². The fourth-order valence-electron chi connectivity index (χ4n) is 2.38. The Hall–Kier alpha value is -1.79. The molecule has 0 aliphatic rings. The zero-order chi connectivity index (χ0) is 15.3. The van der Waals surface area contributed by atoms with E-state index in [1.54, 1.807) is 16.8 Å². The topological polar surface area (TPSA) is 71.2 Å². The number of hydrogen-bond acceptors (Lipinski definition) is 4. The number of aliphatic hydroxyl groups is 2. The highest BCUT2D eigenvalue weighted by Gasteiger charge is 2.33. The third-order valence-electron chi connectivity index (χ3n) is 3.69. The molecule has 0 radical (unpaired) electrons. The first-order valence-electron chi connectivity index (χ1n) is 6.99. The van der Waals surface area contributed by atoms with Gasteiger partial charge in [0.25, 0.3) is 0 Å². The number of rotatable bonds is 7. The lowest BCUT2D eigenvalue weighted by molar-refractivity contribution is 0.113. The third-order valence-corrected chi connectivity index (χ3v) is 3.69. The van der Waals surface area contributed by atoms with Crippen LogP contribution in [0.1, 0.15) is 24.7 Å². The van der Waals surface area contributed by atoms with Crippen molar-refractivity contribution >= 4 is 0 Å². The molecule has 0 amide bonds. The lowest BCUT2D eigenvalue weighted by atomic mass is 9.78. The number of aromatic nitrogens is 3. The molecule has 5 nitrogen and oxygen atoms in total. The molecule has 2 N–H and O–H groups in total. The van der Waals surface area contributed by atoms with Gasteiger partial charge >= 0.3 is 0 Å². The van der Waals surface area contributed by atoms with E-state index in [9.17, 15) is 14.6 Å². The van der Waals surface area contributed by atoms with E-state index in [0.29, 0.717) is 17.8 Å². The van der Waals surface area contributed by atoms with Crippen LogP contribution in [0.4, 0.5) is 4.39 Å². The lowest BCUT2D eigenvalue weighted by Crippen LogP contribution is -2.38. The quantitative estimate of drug-likeness (QED) is 0.807. The predicted molar refractivity (Wildman–Crippen MR) is 76.3 cm³/mol. The van der Waals surface area contributed by atoms with Gasteiger partial charge in [0, 0.05) is 18.4 Å². The summed E-state index contributed by atoms with van der Waals surface area (Å²) in [7, 11) is 0. The summed E-state index contributed by atoms with van der Waals surface area (Å²) in [5.41, 5.74) is -0.216. The zero-order valence-corrected chi connectivity index (χ0v) is 12.0. The zero-order valence-electron chi connectivity index (χ0n) is 12.0. The molecule has 6 heteroatoms. The maximum Gasteiger partial charge on any atom is 0.138 e. The molecule has 0 saturated heterocycles. The molecule has 1 heterocycles. The predicted octanol–water partition coefficient (Wildman–Crippen LogP) is 1.29. The second-order valence-corrected chi connectivity index (χ2v) is 5.18. The first-order valence-corrected chi connectivity index (χ1v) is 6.99. The first kappa shape index (κ1) is 15.6. The van der Waals surface area contributed by atoms with E-state index >= 15 is 0 Å². The van der Waals surface area contributed by atoms with Crippen LogP contribution in [0.5, 0.6) is 0 Å². The van der Waals surface area contributed by atoms with Gasteiger partial charge in [-0.25, -0.2) is 9.37 Å². The van der Waals surface area contributed by atoms with Gasteiger partial charge in [-0.2, -0.15) is 5.10 Å². The van der Waals surface area contributed by atoms with Gasteiger partial charge in [-0.3, -0.25) is 4.68 Å². The summed E-state index contributed by atoms with van der Waals surface area (Å²) in [6.45, 7) is 2.25. The molecule has 0 aliphatic carbocycles. The fourth-order valence-corrected chi connectivity index (χ4v) is 2.38. The van der Waals surface area contributed by atoms with Crippen molar-refractivity contribution in [2.24, 2.45) is 0 Å². The third kappa shape index (κ3) is 3.28. The molecule has 1 aromatic carbocycles. The van der Waals surface area contributed by atoms with Crippen LogP contribution in [0.2, 0.25) is 0 Å². The van der Waals surface area contributed by atoms with Crippen LogP contribution in [-0.4, -0.2) is 38.2 Å². The van der Waals surface area contributed by atoms with E-state index in [2.05, 4.69) is 10.1 Å². The Morgan fingerprint density at radius 1 is 1.19 bits per heavy atom. The molecule has 0 aliphatic heterocycles. The SMILES string of the molecule is CCCn1ncnc1CC(CO)(CO)c1ccc(F)cc1. The lowest BCUT2D eigenvalue weighted by Gasteiger charge is -2.30. The largest absolute Gasteiger partial charge is 0.395 e. The molecule has 2 aromatic rings. The van der Waals surface area contributed by atoms with Crippen LogP contribution in [0.25, 0.3) is 0 Å². The Morgan fingerprint density at radius 3 is 2.43 bits per heavy atom. The Balaban J connectivity index is 2.33. The van der Waals surface area contributed by atoms with E-state index in [4.69, 9.17) is 0 Å². The second-order valence-electron chi connectivity index (χ2n) is 5.18. The Bertz CT molecular complexity index is 565. The smallest absolute Gasteiger partial charge is 0.138 e.